The van der Waals surface area contributed by atoms with Gasteiger partial charge in [-0.15, -0.1) is 0 Å². The Morgan fingerprint density at radius 1 is 1.33 bits per heavy atom. The van der Waals surface area contributed by atoms with E-state index < -0.39 is 10.0 Å². The predicted octanol–water partition coefficient (Wildman–Crippen LogP) is 2.51. The van der Waals surface area contributed by atoms with Crippen molar-refractivity contribution >= 4 is 27.2 Å². The fourth-order valence-electron chi connectivity index (χ4n) is 2.23. The van der Waals surface area contributed by atoms with E-state index in [-0.39, 0.29) is 16.8 Å². The summed E-state index contributed by atoms with van der Waals surface area (Å²) in [6.07, 6.45) is 0.712. The van der Waals surface area contributed by atoms with Crippen molar-refractivity contribution in [3.63, 3.8) is 0 Å². The number of carbonyl (C=O) groups excluding carboxylic acids is 1. The summed E-state index contributed by atoms with van der Waals surface area (Å²) in [5.41, 5.74) is 2.70. The van der Waals surface area contributed by atoms with E-state index in [1.54, 1.807) is 12.1 Å². The zero-order chi connectivity index (χ0) is 15.8. The van der Waals surface area contributed by atoms with Gasteiger partial charge in [0.25, 0.3) is 5.91 Å². The molecule has 6 heteroatoms. The number of fused-ring (bicyclic) bond motifs is 1. The second kappa shape index (κ2) is 5.61. The first kappa shape index (κ1) is 15.7. The molecule has 0 bridgehead atoms. The average Bonchev–Trinajstić information content (AvgIpc) is 2.72. The van der Waals surface area contributed by atoms with Crippen LogP contribution in [0.2, 0.25) is 0 Å². The van der Waals surface area contributed by atoms with Gasteiger partial charge in [0.05, 0.1) is 4.90 Å². The molecule has 1 unspecified atom stereocenters. The lowest BCUT2D eigenvalue weighted by atomic mass is 10.0. The lowest BCUT2D eigenvalue weighted by Gasteiger charge is -2.13. The first-order valence-corrected chi connectivity index (χ1v) is 8.40. The van der Waals surface area contributed by atoms with Crippen LogP contribution in [-0.4, -0.2) is 20.4 Å². The van der Waals surface area contributed by atoms with Gasteiger partial charge in [-0.25, -0.2) is 13.1 Å². The van der Waals surface area contributed by atoms with Gasteiger partial charge in [-0.3, -0.25) is 4.79 Å². The second-order valence-electron chi connectivity index (χ2n) is 5.47. The Bertz CT molecular complexity index is 716. The van der Waals surface area contributed by atoms with Crippen molar-refractivity contribution in [2.45, 2.75) is 45.1 Å². The summed E-state index contributed by atoms with van der Waals surface area (Å²) >= 11 is 0. The highest BCUT2D eigenvalue weighted by atomic mass is 32.2. The molecular weight excluding hydrogens is 288 g/mol. The number of amides is 1. The highest BCUT2D eigenvalue weighted by Crippen LogP contribution is 2.35. The van der Waals surface area contributed by atoms with Crippen LogP contribution in [0.25, 0.3) is 5.57 Å². The SMILES string of the molecule is CCC(C)NS(=O)(=O)c1ccc2c(c1)C(=C(C)C)C(=O)N2. The molecule has 0 aromatic heterocycles. The maximum Gasteiger partial charge on any atom is 0.256 e. The quantitative estimate of drug-likeness (QED) is 0.839. The van der Waals surface area contributed by atoms with Crippen molar-refractivity contribution in [1.82, 2.24) is 4.72 Å². The molecule has 1 aromatic rings. The molecule has 1 aromatic carbocycles. The number of nitrogens with one attached hydrogen (secondary N) is 2. The number of hydrogen-bond donors (Lipinski definition) is 2. The number of hydrogen-bond acceptors (Lipinski definition) is 3. The Labute approximate surface area is 125 Å². The van der Waals surface area contributed by atoms with Gasteiger partial charge < -0.3 is 5.32 Å². The van der Waals surface area contributed by atoms with Crippen molar-refractivity contribution < 1.29 is 13.2 Å². The Hall–Kier alpha value is -1.66. The monoisotopic (exact) mass is 308 g/mol. The molecule has 1 aliphatic rings. The smallest absolute Gasteiger partial charge is 0.256 e. The molecule has 0 spiro atoms. The minimum Gasteiger partial charge on any atom is -0.321 e. The van der Waals surface area contributed by atoms with Crippen LogP contribution in [0.15, 0.2) is 28.7 Å². The third-order valence-corrected chi connectivity index (χ3v) is 5.10. The Balaban J connectivity index is 2.48. The Kier molecular flexibility index (Phi) is 4.20. The number of carbonyl (C=O) groups is 1. The zero-order valence-electron chi connectivity index (χ0n) is 12.6. The van der Waals surface area contributed by atoms with Crippen LogP contribution >= 0.6 is 0 Å². The number of rotatable bonds is 4. The Morgan fingerprint density at radius 3 is 2.57 bits per heavy atom. The zero-order valence-corrected chi connectivity index (χ0v) is 13.5. The minimum absolute atomic E-state index is 0.133. The van der Waals surface area contributed by atoms with Crippen molar-refractivity contribution in [2.75, 3.05) is 5.32 Å². The highest BCUT2D eigenvalue weighted by Gasteiger charge is 2.27. The largest absolute Gasteiger partial charge is 0.321 e. The summed E-state index contributed by atoms with van der Waals surface area (Å²) in [6, 6.07) is 4.57. The third-order valence-electron chi connectivity index (χ3n) is 3.51. The Morgan fingerprint density at radius 2 is 2.00 bits per heavy atom. The van der Waals surface area contributed by atoms with Crippen LogP contribution in [0.5, 0.6) is 0 Å². The molecule has 2 N–H and O–H groups in total. The van der Waals surface area contributed by atoms with E-state index in [9.17, 15) is 13.2 Å². The molecule has 0 radical (unpaired) electrons. The van der Waals surface area contributed by atoms with Crippen molar-refractivity contribution in [3.05, 3.63) is 29.3 Å². The maximum atomic E-state index is 12.3. The second-order valence-corrected chi connectivity index (χ2v) is 7.18. The van der Waals surface area contributed by atoms with E-state index in [1.165, 1.54) is 6.07 Å². The molecule has 1 aliphatic heterocycles. The molecule has 0 aliphatic carbocycles. The molecule has 21 heavy (non-hydrogen) atoms. The van der Waals surface area contributed by atoms with Crippen LogP contribution in [0.4, 0.5) is 5.69 Å². The first-order chi connectivity index (χ1) is 9.76. The molecule has 5 nitrogen and oxygen atoms in total. The number of benzene rings is 1. The predicted molar refractivity (Wildman–Crippen MR) is 83.4 cm³/mol. The molecular formula is C15H20N2O3S. The number of allylic oxidation sites excluding steroid dienone is 1. The summed E-state index contributed by atoms with van der Waals surface area (Å²) < 4.78 is 27.3. The number of anilines is 1. The molecule has 2 rings (SSSR count). The van der Waals surface area contributed by atoms with Gasteiger partial charge in [0.2, 0.25) is 10.0 Å². The minimum atomic E-state index is -3.57. The van der Waals surface area contributed by atoms with Crippen LogP contribution in [0.1, 0.15) is 39.7 Å². The van der Waals surface area contributed by atoms with Crippen molar-refractivity contribution in [1.29, 1.82) is 0 Å². The third kappa shape index (κ3) is 3.01. The molecule has 0 saturated carbocycles. The van der Waals surface area contributed by atoms with Crippen LogP contribution in [-0.2, 0) is 14.8 Å². The van der Waals surface area contributed by atoms with Crippen molar-refractivity contribution in [3.8, 4) is 0 Å². The van der Waals surface area contributed by atoms with E-state index in [2.05, 4.69) is 10.0 Å². The van der Waals surface area contributed by atoms with E-state index in [0.717, 1.165) is 5.57 Å². The van der Waals surface area contributed by atoms with E-state index in [4.69, 9.17) is 0 Å². The van der Waals surface area contributed by atoms with Gasteiger partial charge in [-0.2, -0.15) is 0 Å². The van der Waals surface area contributed by atoms with Crippen LogP contribution in [0.3, 0.4) is 0 Å². The lowest BCUT2D eigenvalue weighted by molar-refractivity contribution is -0.110. The highest BCUT2D eigenvalue weighted by molar-refractivity contribution is 7.89. The average molecular weight is 308 g/mol. The van der Waals surface area contributed by atoms with Gasteiger partial charge in [0, 0.05) is 22.9 Å². The molecule has 1 heterocycles. The van der Waals surface area contributed by atoms with Gasteiger partial charge in [0.1, 0.15) is 0 Å². The summed E-state index contributed by atoms with van der Waals surface area (Å²) in [7, 11) is -3.57. The summed E-state index contributed by atoms with van der Waals surface area (Å²) in [5.74, 6) is -0.186. The van der Waals surface area contributed by atoms with E-state index in [1.807, 2.05) is 27.7 Å². The molecule has 0 saturated heterocycles. The van der Waals surface area contributed by atoms with Gasteiger partial charge in [0.15, 0.2) is 0 Å². The van der Waals surface area contributed by atoms with E-state index >= 15 is 0 Å². The maximum absolute atomic E-state index is 12.3. The lowest BCUT2D eigenvalue weighted by Crippen LogP contribution is -2.32. The summed E-state index contributed by atoms with van der Waals surface area (Å²) in [6.45, 7) is 7.41. The van der Waals surface area contributed by atoms with Crippen LogP contribution in [0, 0.1) is 0 Å². The first-order valence-electron chi connectivity index (χ1n) is 6.92. The normalized spacial score (nSPS) is 15.6. The number of sulfonamides is 1. The molecule has 1 atom stereocenters. The fourth-order valence-corrected chi connectivity index (χ4v) is 3.58. The van der Waals surface area contributed by atoms with E-state index in [0.29, 0.717) is 23.2 Å². The van der Waals surface area contributed by atoms with Gasteiger partial charge in [-0.05, 0) is 45.4 Å². The fraction of sp³-hybridized carbons (Fsp3) is 0.400. The van der Waals surface area contributed by atoms with Crippen molar-refractivity contribution in [2.24, 2.45) is 0 Å². The molecule has 0 fully saturated rings. The standard InChI is InChI=1S/C15H20N2O3S/c1-5-10(4)17-21(19,20)11-6-7-13-12(8-11)14(9(2)3)15(18)16-13/h6-8,10,17H,5H2,1-4H3,(H,16,18). The van der Waals surface area contributed by atoms with Crippen LogP contribution < -0.4 is 10.0 Å². The molecule has 1 amide bonds. The summed E-state index contributed by atoms with van der Waals surface area (Å²) in [5, 5.41) is 2.75. The van der Waals surface area contributed by atoms with Gasteiger partial charge >= 0.3 is 0 Å². The summed E-state index contributed by atoms with van der Waals surface area (Å²) in [4.78, 5) is 12.1. The van der Waals surface area contributed by atoms with Gasteiger partial charge in [-0.1, -0.05) is 12.5 Å². The molecule has 114 valence electrons. The topological polar surface area (TPSA) is 75.3 Å².